The molecule has 0 aromatic rings. The Morgan fingerprint density at radius 1 is 0.448 bits per heavy atom. The summed E-state index contributed by atoms with van der Waals surface area (Å²) in [4.78, 5) is 0. The van der Waals surface area contributed by atoms with Gasteiger partial charge in [-0.1, -0.05) is 131 Å². The normalized spacial score (nSPS) is 14.2. The quantitative estimate of drug-likeness (QED) is 0.140. The van der Waals surface area contributed by atoms with E-state index < -0.39 is 0 Å². The van der Waals surface area contributed by atoms with Crippen LogP contribution in [0.4, 0.5) is 0 Å². The van der Waals surface area contributed by atoms with Crippen molar-refractivity contribution in [2.24, 2.45) is 17.8 Å². The zero-order valence-corrected chi connectivity index (χ0v) is 21.2. The lowest BCUT2D eigenvalue weighted by Crippen LogP contribution is -2.00. The van der Waals surface area contributed by atoms with Gasteiger partial charge in [0, 0.05) is 12.8 Å². The fraction of sp³-hybridized carbons (Fsp3) is 0.931. The van der Waals surface area contributed by atoms with Gasteiger partial charge in [-0.3, -0.25) is 0 Å². The second kappa shape index (κ2) is 22.2. The van der Waals surface area contributed by atoms with Crippen molar-refractivity contribution >= 4 is 0 Å². The van der Waals surface area contributed by atoms with E-state index in [-0.39, 0.29) is 0 Å². The van der Waals surface area contributed by atoms with Crippen LogP contribution in [0, 0.1) is 29.6 Å². The number of hydrogen-bond acceptors (Lipinski definition) is 0. The molecule has 3 unspecified atom stereocenters. The molecule has 3 atom stereocenters. The SMILES string of the molecule is CCCC#CCC(C)CCCC(C)CCCCC(C)CCCCCCCCCC. The Morgan fingerprint density at radius 2 is 0.897 bits per heavy atom. The molecule has 0 N–H and O–H groups in total. The molecule has 0 bridgehead atoms. The third kappa shape index (κ3) is 22.1. The summed E-state index contributed by atoms with van der Waals surface area (Å²) in [5, 5.41) is 0. The minimum Gasteiger partial charge on any atom is -0.103 e. The topological polar surface area (TPSA) is 0 Å². The maximum Gasteiger partial charge on any atom is 0.0114 e. The first kappa shape index (κ1) is 28.6. The van der Waals surface area contributed by atoms with Crippen molar-refractivity contribution in [2.45, 2.75) is 157 Å². The highest BCUT2D eigenvalue weighted by atomic mass is 14.1. The summed E-state index contributed by atoms with van der Waals surface area (Å²) in [6.07, 6.45) is 26.4. The van der Waals surface area contributed by atoms with E-state index in [1.807, 2.05) is 0 Å². The lowest BCUT2D eigenvalue weighted by Gasteiger charge is -2.14. The van der Waals surface area contributed by atoms with Gasteiger partial charge in [0.15, 0.2) is 0 Å². The maximum atomic E-state index is 3.36. The predicted molar refractivity (Wildman–Crippen MR) is 134 cm³/mol. The summed E-state index contributed by atoms with van der Waals surface area (Å²) < 4.78 is 0. The molecule has 0 saturated carbocycles. The van der Waals surface area contributed by atoms with Gasteiger partial charge in [0.2, 0.25) is 0 Å². The van der Waals surface area contributed by atoms with Crippen LogP contribution < -0.4 is 0 Å². The molecule has 0 amide bonds. The van der Waals surface area contributed by atoms with Crippen molar-refractivity contribution in [3.63, 3.8) is 0 Å². The molecular weight excluding hydrogens is 348 g/mol. The zero-order valence-electron chi connectivity index (χ0n) is 21.2. The molecule has 0 spiro atoms. The third-order valence-corrected chi connectivity index (χ3v) is 6.54. The monoisotopic (exact) mass is 404 g/mol. The van der Waals surface area contributed by atoms with Crippen molar-refractivity contribution < 1.29 is 0 Å². The molecule has 0 heterocycles. The molecule has 0 radical (unpaired) electrons. The second-order valence-corrected chi connectivity index (χ2v) is 10.1. The van der Waals surface area contributed by atoms with Crippen LogP contribution in [0.3, 0.4) is 0 Å². The highest BCUT2D eigenvalue weighted by molar-refractivity contribution is 4.99. The van der Waals surface area contributed by atoms with Gasteiger partial charge in [-0.05, 0) is 30.6 Å². The number of unbranched alkanes of at least 4 members (excludes halogenated alkanes) is 9. The van der Waals surface area contributed by atoms with Crippen LogP contribution in [0.5, 0.6) is 0 Å². The minimum atomic E-state index is 0.781. The first-order valence-electron chi connectivity index (χ1n) is 13.6. The van der Waals surface area contributed by atoms with Gasteiger partial charge in [0.1, 0.15) is 0 Å². The first-order valence-corrected chi connectivity index (χ1v) is 13.6. The molecule has 0 aromatic heterocycles. The Hall–Kier alpha value is -0.440. The molecule has 0 saturated heterocycles. The zero-order chi connectivity index (χ0) is 21.6. The van der Waals surface area contributed by atoms with Gasteiger partial charge in [-0.15, -0.1) is 11.8 Å². The highest BCUT2D eigenvalue weighted by Crippen LogP contribution is 2.22. The van der Waals surface area contributed by atoms with Crippen LogP contribution >= 0.6 is 0 Å². The molecule has 29 heavy (non-hydrogen) atoms. The van der Waals surface area contributed by atoms with Gasteiger partial charge >= 0.3 is 0 Å². The average molecular weight is 405 g/mol. The maximum absolute atomic E-state index is 3.36. The predicted octanol–water partition coefficient (Wildman–Crippen LogP) is 10.3. The summed E-state index contributed by atoms with van der Waals surface area (Å²) in [5.41, 5.74) is 0. The highest BCUT2D eigenvalue weighted by Gasteiger charge is 2.06. The summed E-state index contributed by atoms with van der Waals surface area (Å²) in [6, 6.07) is 0. The summed E-state index contributed by atoms with van der Waals surface area (Å²) in [5.74, 6) is 9.28. The minimum absolute atomic E-state index is 0.781. The van der Waals surface area contributed by atoms with Gasteiger partial charge in [-0.2, -0.15) is 0 Å². The molecule has 0 aliphatic rings. The van der Waals surface area contributed by atoms with Crippen molar-refractivity contribution in [2.75, 3.05) is 0 Å². The smallest absolute Gasteiger partial charge is 0.0114 e. The van der Waals surface area contributed by atoms with Crippen molar-refractivity contribution in [1.29, 1.82) is 0 Å². The fourth-order valence-electron chi connectivity index (χ4n) is 4.28. The Morgan fingerprint density at radius 3 is 1.45 bits per heavy atom. The van der Waals surface area contributed by atoms with E-state index in [2.05, 4.69) is 46.5 Å². The lowest BCUT2D eigenvalue weighted by molar-refractivity contribution is 0.391. The largest absolute Gasteiger partial charge is 0.103 e. The van der Waals surface area contributed by atoms with E-state index in [0.29, 0.717) is 0 Å². The summed E-state index contributed by atoms with van der Waals surface area (Å²) in [6.45, 7) is 11.8. The lowest BCUT2D eigenvalue weighted by atomic mass is 9.92. The Labute approximate surface area is 186 Å². The molecule has 0 aromatic carbocycles. The van der Waals surface area contributed by atoms with E-state index in [1.165, 1.54) is 109 Å². The van der Waals surface area contributed by atoms with Gasteiger partial charge in [0.05, 0.1) is 0 Å². The van der Waals surface area contributed by atoms with Crippen LogP contribution in [-0.2, 0) is 0 Å². The number of hydrogen-bond donors (Lipinski definition) is 0. The van der Waals surface area contributed by atoms with E-state index in [9.17, 15) is 0 Å². The van der Waals surface area contributed by atoms with E-state index in [4.69, 9.17) is 0 Å². The molecule has 0 heteroatoms. The van der Waals surface area contributed by atoms with Crippen molar-refractivity contribution in [1.82, 2.24) is 0 Å². The van der Waals surface area contributed by atoms with Gasteiger partial charge < -0.3 is 0 Å². The Bertz CT molecular complexity index is 371. The number of rotatable bonds is 20. The molecule has 0 aliphatic carbocycles. The molecule has 0 aliphatic heterocycles. The second-order valence-electron chi connectivity index (χ2n) is 10.1. The Kier molecular flexibility index (Phi) is 21.9. The standard InChI is InChI=1S/C29H56/c1-6-8-10-12-13-14-15-17-22-27(3)23-18-19-24-29(5)26-20-25-28(4)21-16-11-9-7-2/h27-29H,6-10,12-15,17-26H2,1-5H3. The molecule has 172 valence electrons. The summed E-state index contributed by atoms with van der Waals surface area (Å²) in [7, 11) is 0. The van der Waals surface area contributed by atoms with Gasteiger partial charge in [0.25, 0.3) is 0 Å². The van der Waals surface area contributed by atoms with Gasteiger partial charge in [-0.25, -0.2) is 0 Å². The molecule has 0 nitrogen and oxygen atoms in total. The van der Waals surface area contributed by atoms with E-state index in [0.717, 1.165) is 30.6 Å². The molecular formula is C29H56. The van der Waals surface area contributed by atoms with E-state index in [1.54, 1.807) is 0 Å². The van der Waals surface area contributed by atoms with Crippen molar-refractivity contribution in [3.05, 3.63) is 0 Å². The third-order valence-electron chi connectivity index (χ3n) is 6.54. The van der Waals surface area contributed by atoms with Crippen LogP contribution in [-0.4, -0.2) is 0 Å². The fourth-order valence-corrected chi connectivity index (χ4v) is 4.28. The van der Waals surface area contributed by atoms with Crippen LogP contribution in [0.2, 0.25) is 0 Å². The first-order chi connectivity index (χ1) is 14.1. The summed E-state index contributed by atoms with van der Waals surface area (Å²) >= 11 is 0. The van der Waals surface area contributed by atoms with Crippen LogP contribution in [0.25, 0.3) is 0 Å². The molecule has 0 rings (SSSR count). The van der Waals surface area contributed by atoms with Crippen LogP contribution in [0.15, 0.2) is 0 Å². The van der Waals surface area contributed by atoms with E-state index >= 15 is 0 Å². The van der Waals surface area contributed by atoms with Crippen LogP contribution in [0.1, 0.15) is 157 Å². The average Bonchev–Trinajstić information content (AvgIpc) is 2.70. The Balaban J connectivity index is 3.45. The molecule has 0 fully saturated rings. The van der Waals surface area contributed by atoms with Crippen molar-refractivity contribution in [3.8, 4) is 11.8 Å².